The van der Waals surface area contributed by atoms with Gasteiger partial charge in [0.25, 0.3) is 5.91 Å². The molecule has 2 rings (SSSR count). The van der Waals surface area contributed by atoms with Gasteiger partial charge in [-0.1, -0.05) is 36.4 Å². The van der Waals surface area contributed by atoms with Gasteiger partial charge in [0, 0.05) is 19.2 Å². The Bertz CT molecular complexity index is 715. The van der Waals surface area contributed by atoms with Crippen molar-refractivity contribution in [2.24, 2.45) is 0 Å². The second-order valence-electron chi connectivity index (χ2n) is 5.74. The lowest BCUT2D eigenvalue weighted by atomic mass is 10.1. The molecule has 0 bridgehead atoms. The summed E-state index contributed by atoms with van der Waals surface area (Å²) in [6, 6.07) is 14.0. The first-order chi connectivity index (χ1) is 12.4. The van der Waals surface area contributed by atoms with Gasteiger partial charge in [-0.25, -0.2) is 0 Å². The summed E-state index contributed by atoms with van der Waals surface area (Å²) in [7, 11) is 1.59. The standard InChI is InChI=1S/C19H20F3NO3/c1-25-11-16-3-2-4-17(9-16)18(24)23-10-14-5-7-15(8-6-14)12-26-13-19(20,21)22/h2-9H,10-13H2,1H3,(H,23,24). The van der Waals surface area contributed by atoms with E-state index in [1.54, 1.807) is 49.6 Å². The van der Waals surface area contributed by atoms with Crippen LogP contribution in [0.3, 0.4) is 0 Å². The summed E-state index contributed by atoms with van der Waals surface area (Å²) in [5, 5.41) is 2.81. The van der Waals surface area contributed by atoms with Crippen molar-refractivity contribution in [1.82, 2.24) is 5.32 Å². The van der Waals surface area contributed by atoms with Crippen LogP contribution in [0, 0.1) is 0 Å². The molecule has 0 aliphatic rings. The first-order valence-electron chi connectivity index (χ1n) is 7.96. The average molecular weight is 367 g/mol. The summed E-state index contributed by atoms with van der Waals surface area (Å²) in [4.78, 5) is 12.2. The average Bonchev–Trinajstić information content (AvgIpc) is 2.60. The number of benzene rings is 2. The molecule has 1 N–H and O–H groups in total. The van der Waals surface area contributed by atoms with E-state index in [-0.39, 0.29) is 12.5 Å². The number of ether oxygens (including phenoxy) is 2. The summed E-state index contributed by atoms with van der Waals surface area (Å²) in [5.74, 6) is -0.208. The van der Waals surface area contributed by atoms with E-state index in [1.165, 1.54) is 0 Å². The van der Waals surface area contributed by atoms with Crippen molar-refractivity contribution in [2.75, 3.05) is 13.7 Å². The number of hydrogen-bond acceptors (Lipinski definition) is 3. The van der Waals surface area contributed by atoms with E-state index >= 15 is 0 Å². The number of halogens is 3. The Kier molecular flexibility index (Phi) is 7.17. The lowest BCUT2D eigenvalue weighted by Crippen LogP contribution is -2.22. The van der Waals surface area contributed by atoms with Gasteiger partial charge in [-0.3, -0.25) is 4.79 Å². The van der Waals surface area contributed by atoms with Gasteiger partial charge >= 0.3 is 6.18 Å². The first kappa shape index (κ1) is 19.9. The van der Waals surface area contributed by atoms with E-state index in [2.05, 4.69) is 10.1 Å². The molecule has 0 unspecified atom stereocenters. The Labute approximate surface area is 149 Å². The zero-order valence-electron chi connectivity index (χ0n) is 14.3. The molecule has 0 saturated carbocycles. The third kappa shape index (κ3) is 6.85. The summed E-state index contributed by atoms with van der Waals surface area (Å²) in [5.41, 5.74) is 2.92. The Balaban J connectivity index is 1.83. The van der Waals surface area contributed by atoms with Gasteiger partial charge in [0.15, 0.2) is 0 Å². The van der Waals surface area contributed by atoms with Crippen LogP contribution in [-0.4, -0.2) is 25.8 Å². The number of amides is 1. The molecule has 0 atom stereocenters. The van der Waals surface area contributed by atoms with Gasteiger partial charge < -0.3 is 14.8 Å². The van der Waals surface area contributed by atoms with E-state index < -0.39 is 12.8 Å². The molecule has 0 spiro atoms. The maximum atomic E-state index is 12.2. The molecule has 140 valence electrons. The molecule has 1 amide bonds. The third-order valence-electron chi connectivity index (χ3n) is 3.51. The molecule has 0 aliphatic carbocycles. The fourth-order valence-corrected chi connectivity index (χ4v) is 2.29. The third-order valence-corrected chi connectivity index (χ3v) is 3.51. The molecule has 0 aromatic heterocycles. The number of carbonyl (C=O) groups excluding carboxylic acids is 1. The zero-order chi connectivity index (χ0) is 19.0. The molecule has 0 radical (unpaired) electrons. The quantitative estimate of drug-likeness (QED) is 0.771. The molecule has 0 fully saturated rings. The lowest BCUT2D eigenvalue weighted by molar-refractivity contribution is -0.176. The highest BCUT2D eigenvalue weighted by Crippen LogP contribution is 2.16. The van der Waals surface area contributed by atoms with E-state index in [0.29, 0.717) is 24.3 Å². The van der Waals surface area contributed by atoms with Crippen molar-refractivity contribution in [1.29, 1.82) is 0 Å². The highest BCUT2D eigenvalue weighted by molar-refractivity contribution is 5.94. The van der Waals surface area contributed by atoms with Crippen LogP contribution in [0.5, 0.6) is 0 Å². The van der Waals surface area contributed by atoms with Gasteiger partial charge in [0.2, 0.25) is 0 Å². The molecular formula is C19H20F3NO3. The van der Waals surface area contributed by atoms with Crippen molar-refractivity contribution in [3.05, 3.63) is 70.8 Å². The maximum absolute atomic E-state index is 12.2. The maximum Gasteiger partial charge on any atom is 0.411 e. The van der Waals surface area contributed by atoms with Crippen molar-refractivity contribution < 1.29 is 27.4 Å². The van der Waals surface area contributed by atoms with E-state index in [1.807, 2.05) is 6.07 Å². The molecule has 2 aromatic rings. The molecule has 0 saturated heterocycles. The van der Waals surface area contributed by atoms with Crippen LogP contribution in [0.15, 0.2) is 48.5 Å². The van der Waals surface area contributed by atoms with E-state index in [9.17, 15) is 18.0 Å². The predicted molar refractivity (Wildman–Crippen MR) is 90.5 cm³/mol. The minimum Gasteiger partial charge on any atom is -0.380 e. The van der Waals surface area contributed by atoms with Crippen molar-refractivity contribution >= 4 is 5.91 Å². The highest BCUT2D eigenvalue weighted by atomic mass is 19.4. The molecule has 7 heteroatoms. The topological polar surface area (TPSA) is 47.6 Å². The molecular weight excluding hydrogens is 347 g/mol. The van der Waals surface area contributed by atoms with Crippen LogP contribution in [0.25, 0.3) is 0 Å². The van der Waals surface area contributed by atoms with Gasteiger partial charge in [-0.15, -0.1) is 0 Å². The predicted octanol–water partition coefficient (Wildman–Crippen LogP) is 3.84. The number of nitrogens with one attached hydrogen (secondary N) is 1. The summed E-state index contributed by atoms with van der Waals surface area (Å²) in [6.45, 7) is -0.637. The lowest BCUT2D eigenvalue weighted by Gasteiger charge is -2.09. The molecule has 2 aromatic carbocycles. The van der Waals surface area contributed by atoms with E-state index in [0.717, 1.165) is 11.1 Å². The summed E-state index contributed by atoms with van der Waals surface area (Å²) < 4.78 is 45.8. The van der Waals surface area contributed by atoms with Crippen LogP contribution in [0.2, 0.25) is 0 Å². The fraction of sp³-hybridized carbons (Fsp3) is 0.316. The fourth-order valence-electron chi connectivity index (χ4n) is 2.29. The first-order valence-corrected chi connectivity index (χ1v) is 7.96. The number of alkyl halides is 3. The monoisotopic (exact) mass is 367 g/mol. The summed E-state index contributed by atoms with van der Waals surface area (Å²) in [6.07, 6.45) is -4.33. The second-order valence-corrected chi connectivity index (χ2v) is 5.74. The summed E-state index contributed by atoms with van der Waals surface area (Å²) >= 11 is 0. The van der Waals surface area contributed by atoms with Crippen LogP contribution >= 0.6 is 0 Å². The number of rotatable bonds is 8. The van der Waals surface area contributed by atoms with Crippen LogP contribution in [0.1, 0.15) is 27.0 Å². The Morgan fingerprint density at radius 1 is 1.00 bits per heavy atom. The molecule has 26 heavy (non-hydrogen) atoms. The van der Waals surface area contributed by atoms with Crippen molar-refractivity contribution in [3.63, 3.8) is 0 Å². The van der Waals surface area contributed by atoms with Crippen LogP contribution in [0.4, 0.5) is 13.2 Å². The number of methoxy groups -OCH3 is 1. The number of carbonyl (C=O) groups is 1. The normalized spacial score (nSPS) is 11.4. The molecule has 4 nitrogen and oxygen atoms in total. The molecule has 0 aliphatic heterocycles. The Hall–Kier alpha value is -2.38. The van der Waals surface area contributed by atoms with Gasteiger partial charge in [-0.05, 0) is 28.8 Å². The van der Waals surface area contributed by atoms with Crippen LogP contribution in [-0.2, 0) is 29.2 Å². The molecule has 0 heterocycles. The van der Waals surface area contributed by atoms with E-state index in [4.69, 9.17) is 4.74 Å². The van der Waals surface area contributed by atoms with Gasteiger partial charge in [0.1, 0.15) is 6.61 Å². The number of hydrogen-bond donors (Lipinski definition) is 1. The SMILES string of the molecule is COCc1cccc(C(=O)NCc2ccc(COCC(F)(F)F)cc2)c1. The van der Waals surface area contributed by atoms with Crippen molar-refractivity contribution in [2.45, 2.75) is 25.9 Å². The van der Waals surface area contributed by atoms with Gasteiger partial charge in [0.05, 0.1) is 13.2 Å². The Morgan fingerprint density at radius 3 is 2.35 bits per heavy atom. The minimum absolute atomic E-state index is 0.113. The highest BCUT2D eigenvalue weighted by Gasteiger charge is 2.27. The van der Waals surface area contributed by atoms with Crippen LogP contribution < -0.4 is 5.32 Å². The second kappa shape index (κ2) is 9.35. The largest absolute Gasteiger partial charge is 0.411 e. The van der Waals surface area contributed by atoms with Crippen molar-refractivity contribution in [3.8, 4) is 0 Å². The minimum atomic E-state index is -4.33. The zero-order valence-corrected chi connectivity index (χ0v) is 14.3. The smallest absolute Gasteiger partial charge is 0.380 e. The van der Waals surface area contributed by atoms with Gasteiger partial charge in [-0.2, -0.15) is 13.2 Å². The Morgan fingerprint density at radius 2 is 1.69 bits per heavy atom.